The van der Waals surface area contributed by atoms with Crippen LogP contribution in [0.3, 0.4) is 0 Å². The van der Waals surface area contributed by atoms with Gasteiger partial charge in [-0.15, -0.1) is 0 Å². The second kappa shape index (κ2) is 6.39. The van der Waals surface area contributed by atoms with E-state index in [0.29, 0.717) is 13.0 Å². The van der Waals surface area contributed by atoms with Crippen molar-refractivity contribution in [2.75, 3.05) is 0 Å². The van der Waals surface area contributed by atoms with Crippen LogP contribution < -0.4 is 4.74 Å². The van der Waals surface area contributed by atoms with E-state index in [1.807, 2.05) is 31.2 Å². The summed E-state index contributed by atoms with van der Waals surface area (Å²) in [6.07, 6.45) is 0.296. The second-order valence-electron chi connectivity index (χ2n) is 4.77. The Morgan fingerprint density at radius 2 is 1.84 bits per heavy atom. The molecule has 0 fully saturated rings. The molecular formula is C17H20O2. The van der Waals surface area contributed by atoms with Crippen molar-refractivity contribution < 1.29 is 9.84 Å². The molecule has 0 heterocycles. The van der Waals surface area contributed by atoms with Gasteiger partial charge in [-0.3, -0.25) is 0 Å². The first-order valence-corrected chi connectivity index (χ1v) is 6.65. The van der Waals surface area contributed by atoms with Gasteiger partial charge < -0.3 is 9.84 Å². The van der Waals surface area contributed by atoms with E-state index in [9.17, 15) is 5.11 Å². The molecule has 0 amide bonds. The Hall–Kier alpha value is -1.80. The summed E-state index contributed by atoms with van der Waals surface area (Å²) in [4.78, 5) is 0. The van der Waals surface area contributed by atoms with Crippen LogP contribution in [0.2, 0.25) is 0 Å². The summed E-state index contributed by atoms with van der Waals surface area (Å²) in [5.41, 5.74) is 3.30. The molecule has 2 aromatic rings. The van der Waals surface area contributed by atoms with Crippen LogP contribution in [0.1, 0.15) is 36.1 Å². The van der Waals surface area contributed by atoms with Crippen LogP contribution >= 0.6 is 0 Å². The summed E-state index contributed by atoms with van der Waals surface area (Å²) in [6, 6.07) is 16.0. The van der Waals surface area contributed by atoms with Gasteiger partial charge in [0.1, 0.15) is 12.4 Å². The van der Waals surface area contributed by atoms with E-state index in [1.165, 1.54) is 5.56 Å². The van der Waals surface area contributed by atoms with Crippen molar-refractivity contribution in [3.8, 4) is 5.75 Å². The molecule has 0 spiro atoms. The molecule has 0 aliphatic rings. The molecule has 0 bridgehead atoms. The van der Waals surface area contributed by atoms with Crippen LogP contribution in [0.5, 0.6) is 5.75 Å². The van der Waals surface area contributed by atoms with Crippen LogP contribution in [-0.2, 0) is 6.61 Å². The molecule has 1 N–H and O–H groups in total. The van der Waals surface area contributed by atoms with E-state index in [2.05, 4.69) is 31.2 Å². The van der Waals surface area contributed by atoms with Crippen LogP contribution in [-0.4, -0.2) is 5.11 Å². The maximum absolute atomic E-state index is 9.81. The lowest BCUT2D eigenvalue weighted by Gasteiger charge is -2.11. The topological polar surface area (TPSA) is 29.5 Å². The Morgan fingerprint density at radius 1 is 1.11 bits per heavy atom. The molecule has 0 saturated carbocycles. The van der Waals surface area contributed by atoms with Gasteiger partial charge in [0.2, 0.25) is 0 Å². The minimum absolute atomic E-state index is 0.414. The molecule has 0 aliphatic heterocycles. The minimum atomic E-state index is -0.414. The number of hydrogen-bond acceptors (Lipinski definition) is 2. The van der Waals surface area contributed by atoms with Gasteiger partial charge in [-0.2, -0.15) is 0 Å². The zero-order chi connectivity index (χ0) is 13.7. The van der Waals surface area contributed by atoms with Crippen LogP contribution in [0.25, 0.3) is 0 Å². The third-order valence-electron chi connectivity index (χ3n) is 3.16. The van der Waals surface area contributed by atoms with Crippen molar-refractivity contribution in [1.29, 1.82) is 0 Å². The predicted octanol–water partition coefficient (Wildman–Crippen LogP) is 4.02. The van der Waals surface area contributed by atoms with Crippen LogP contribution in [0, 0.1) is 6.92 Å². The van der Waals surface area contributed by atoms with Crippen LogP contribution in [0.15, 0.2) is 48.5 Å². The molecule has 2 aromatic carbocycles. The average Bonchev–Trinajstić information content (AvgIpc) is 2.46. The van der Waals surface area contributed by atoms with Crippen molar-refractivity contribution in [3.05, 3.63) is 65.2 Å². The number of aliphatic hydroxyl groups excluding tert-OH is 1. The second-order valence-corrected chi connectivity index (χ2v) is 4.77. The zero-order valence-corrected chi connectivity index (χ0v) is 11.5. The quantitative estimate of drug-likeness (QED) is 0.875. The molecule has 2 rings (SSSR count). The molecule has 1 unspecified atom stereocenters. The summed E-state index contributed by atoms with van der Waals surface area (Å²) in [6.45, 7) is 4.58. The van der Waals surface area contributed by atoms with E-state index in [4.69, 9.17) is 4.74 Å². The molecule has 2 heteroatoms. The normalized spacial score (nSPS) is 12.2. The summed E-state index contributed by atoms with van der Waals surface area (Å²) < 4.78 is 5.76. The van der Waals surface area contributed by atoms with Crippen molar-refractivity contribution in [1.82, 2.24) is 0 Å². The number of hydrogen-bond donors (Lipinski definition) is 1. The number of aryl methyl sites for hydroxylation is 1. The van der Waals surface area contributed by atoms with Gasteiger partial charge in [0, 0.05) is 0 Å². The van der Waals surface area contributed by atoms with E-state index < -0.39 is 6.10 Å². The van der Waals surface area contributed by atoms with Gasteiger partial charge in [0.15, 0.2) is 0 Å². The predicted molar refractivity (Wildman–Crippen MR) is 77.2 cm³/mol. The molecule has 100 valence electrons. The highest BCUT2D eigenvalue weighted by Gasteiger charge is 2.05. The Bertz CT molecular complexity index is 517. The maximum atomic E-state index is 9.81. The fourth-order valence-corrected chi connectivity index (χ4v) is 1.90. The van der Waals surface area contributed by atoms with Crippen molar-refractivity contribution in [3.63, 3.8) is 0 Å². The summed E-state index contributed by atoms with van der Waals surface area (Å²) in [5.74, 6) is 0.797. The standard InChI is InChI=1S/C17H20O2/c1-3-17(18)15-5-4-6-16(11-15)19-12-14-9-7-13(2)8-10-14/h4-11,17-18H,3,12H2,1-2H3. The first-order chi connectivity index (χ1) is 9.19. The Morgan fingerprint density at radius 3 is 2.53 bits per heavy atom. The molecule has 0 aromatic heterocycles. The summed E-state index contributed by atoms with van der Waals surface area (Å²) in [5, 5.41) is 9.81. The van der Waals surface area contributed by atoms with Gasteiger partial charge >= 0.3 is 0 Å². The van der Waals surface area contributed by atoms with E-state index >= 15 is 0 Å². The van der Waals surface area contributed by atoms with E-state index in [1.54, 1.807) is 0 Å². The van der Waals surface area contributed by atoms with E-state index in [0.717, 1.165) is 16.9 Å². The average molecular weight is 256 g/mol. The highest BCUT2D eigenvalue weighted by molar-refractivity contribution is 5.30. The molecule has 0 radical (unpaired) electrons. The molecule has 0 aliphatic carbocycles. The number of rotatable bonds is 5. The summed E-state index contributed by atoms with van der Waals surface area (Å²) >= 11 is 0. The third kappa shape index (κ3) is 3.83. The van der Waals surface area contributed by atoms with Gasteiger partial charge in [0.25, 0.3) is 0 Å². The number of ether oxygens (including phenoxy) is 1. The van der Waals surface area contributed by atoms with E-state index in [-0.39, 0.29) is 0 Å². The Kier molecular flexibility index (Phi) is 4.58. The van der Waals surface area contributed by atoms with Gasteiger partial charge in [-0.25, -0.2) is 0 Å². The fourth-order valence-electron chi connectivity index (χ4n) is 1.90. The van der Waals surface area contributed by atoms with Crippen molar-refractivity contribution in [2.24, 2.45) is 0 Å². The van der Waals surface area contributed by atoms with Crippen molar-refractivity contribution in [2.45, 2.75) is 33.0 Å². The minimum Gasteiger partial charge on any atom is -0.489 e. The Labute approximate surface area is 114 Å². The first kappa shape index (κ1) is 13.6. The smallest absolute Gasteiger partial charge is 0.120 e. The van der Waals surface area contributed by atoms with Crippen LogP contribution in [0.4, 0.5) is 0 Å². The summed E-state index contributed by atoms with van der Waals surface area (Å²) in [7, 11) is 0. The zero-order valence-electron chi connectivity index (χ0n) is 11.5. The molecule has 1 atom stereocenters. The fraction of sp³-hybridized carbons (Fsp3) is 0.294. The first-order valence-electron chi connectivity index (χ1n) is 6.65. The van der Waals surface area contributed by atoms with Gasteiger partial charge in [-0.05, 0) is 36.6 Å². The van der Waals surface area contributed by atoms with Gasteiger partial charge in [-0.1, -0.05) is 48.9 Å². The molecule has 19 heavy (non-hydrogen) atoms. The number of aliphatic hydroxyl groups is 1. The molecular weight excluding hydrogens is 236 g/mol. The van der Waals surface area contributed by atoms with Crippen molar-refractivity contribution >= 4 is 0 Å². The Balaban J connectivity index is 2.01. The highest BCUT2D eigenvalue weighted by atomic mass is 16.5. The number of benzene rings is 2. The monoisotopic (exact) mass is 256 g/mol. The lowest BCUT2D eigenvalue weighted by Crippen LogP contribution is -1.98. The van der Waals surface area contributed by atoms with Gasteiger partial charge in [0.05, 0.1) is 6.10 Å². The lowest BCUT2D eigenvalue weighted by atomic mass is 10.1. The maximum Gasteiger partial charge on any atom is 0.120 e. The highest BCUT2D eigenvalue weighted by Crippen LogP contribution is 2.22. The largest absolute Gasteiger partial charge is 0.489 e. The lowest BCUT2D eigenvalue weighted by molar-refractivity contribution is 0.173. The molecule has 0 saturated heterocycles. The third-order valence-corrected chi connectivity index (χ3v) is 3.16. The SMILES string of the molecule is CCC(O)c1cccc(OCc2ccc(C)cc2)c1. The molecule has 2 nitrogen and oxygen atoms in total.